The van der Waals surface area contributed by atoms with Gasteiger partial charge in [-0.05, 0) is 18.9 Å². The molecule has 1 amide bonds. The van der Waals surface area contributed by atoms with E-state index in [-0.39, 0.29) is 12.0 Å². The molecule has 6 nitrogen and oxygen atoms in total. The number of hydrogen-bond donors (Lipinski definition) is 2. The Kier molecular flexibility index (Phi) is 4.74. The highest BCUT2D eigenvalue weighted by atomic mass is 32.2. The van der Waals surface area contributed by atoms with Gasteiger partial charge in [-0.3, -0.25) is 4.79 Å². The number of benzene rings is 1. The van der Waals surface area contributed by atoms with Gasteiger partial charge in [0.15, 0.2) is 5.17 Å². The highest BCUT2D eigenvalue weighted by molar-refractivity contribution is 8.15. The third kappa shape index (κ3) is 3.66. The summed E-state index contributed by atoms with van der Waals surface area (Å²) in [7, 11) is 0. The number of nitrogens with zero attached hydrogens (tertiary/aromatic N) is 3. The molecular formula is C15H18N4O2S. The van der Waals surface area contributed by atoms with E-state index in [2.05, 4.69) is 26.5 Å². The van der Waals surface area contributed by atoms with Gasteiger partial charge in [-0.1, -0.05) is 30.0 Å². The molecule has 22 heavy (non-hydrogen) atoms. The second-order valence-corrected chi connectivity index (χ2v) is 6.23. The third-order valence-corrected chi connectivity index (χ3v) is 4.54. The molecule has 0 bridgehead atoms. The predicted octanol–water partition coefficient (Wildman–Crippen LogP) is 1.20. The number of aliphatic hydroxyl groups excluding tert-OH is 1. The van der Waals surface area contributed by atoms with Gasteiger partial charge in [0.05, 0.1) is 18.1 Å². The molecule has 0 radical (unpaired) electrons. The standard InChI is InChI=1S/C15H18N4O2S/c20-12-5-7-19(8-6-12)13-4-2-1-3-11(13)9-16-18-15-17-14(21)10-22-15/h1-4,9,12,20H,5-8,10H2,(H,17,18,21). The van der Waals surface area contributed by atoms with E-state index in [4.69, 9.17) is 0 Å². The van der Waals surface area contributed by atoms with Gasteiger partial charge in [0.2, 0.25) is 5.91 Å². The van der Waals surface area contributed by atoms with E-state index in [9.17, 15) is 9.90 Å². The summed E-state index contributed by atoms with van der Waals surface area (Å²) in [6.07, 6.45) is 3.09. The topological polar surface area (TPSA) is 77.3 Å². The average molecular weight is 318 g/mol. The molecule has 0 aromatic heterocycles. The van der Waals surface area contributed by atoms with Crippen molar-refractivity contribution in [3.05, 3.63) is 29.8 Å². The smallest absolute Gasteiger partial charge is 0.236 e. The summed E-state index contributed by atoms with van der Waals surface area (Å²) in [5, 5.41) is 20.9. The summed E-state index contributed by atoms with van der Waals surface area (Å²) in [6.45, 7) is 1.68. The SMILES string of the molecule is O=C1CSC(=NN=Cc2ccccc2N2CCC(O)CC2)N1. The van der Waals surface area contributed by atoms with Crippen molar-refractivity contribution in [3.63, 3.8) is 0 Å². The van der Waals surface area contributed by atoms with E-state index in [1.165, 1.54) is 11.8 Å². The summed E-state index contributed by atoms with van der Waals surface area (Å²) in [4.78, 5) is 13.3. The van der Waals surface area contributed by atoms with Crippen molar-refractivity contribution in [1.29, 1.82) is 0 Å². The van der Waals surface area contributed by atoms with Gasteiger partial charge in [-0.25, -0.2) is 0 Å². The zero-order valence-corrected chi connectivity index (χ0v) is 12.9. The molecule has 1 aromatic carbocycles. The van der Waals surface area contributed by atoms with Crippen LogP contribution in [0.1, 0.15) is 18.4 Å². The van der Waals surface area contributed by atoms with Crippen LogP contribution in [0, 0.1) is 0 Å². The number of carbonyl (C=O) groups is 1. The first-order valence-electron chi connectivity index (χ1n) is 7.28. The molecule has 116 valence electrons. The molecule has 2 aliphatic rings. The van der Waals surface area contributed by atoms with Crippen LogP contribution in [0.5, 0.6) is 0 Å². The van der Waals surface area contributed by atoms with Crippen LogP contribution in [0.2, 0.25) is 0 Å². The number of carbonyl (C=O) groups excluding carboxylic acids is 1. The highest BCUT2D eigenvalue weighted by Crippen LogP contribution is 2.23. The molecule has 0 saturated carbocycles. The first-order chi connectivity index (χ1) is 10.7. The first-order valence-corrected chi connectivity index (χ1v) is 8.26. The Balaban J connectivity index is 1.72. The number of thioether (sulfide) groups is 1. The van der Waals surface area contributed by atoms with E-state index in [1.54, 1.807) is 6.21 Å². The molecule has 0 spiro atoms. The van der Waals surface area contributed by atoms with Crippen molar-refractivity contribution in [2.45, 2.75) is 18.9 Å². The number of rotatable bonds is 3. The number of amides is 1. The quantitative estimate of drug-likeness (QED) is 0.648. The fourth-order valence-corrected chi connectivity index (χ4v) is 3.15. The number of piperidine rings is 1. The van der Waals surface area contributed by atoms with Gasteiger partial charge in [-0.15, -0.1) is 5.10 Å². The van der Waals surface area contributed by atoms with Gasteiger partial charge >= 0.3 is 0 Å². The Hall–Kier alpha value is -1.86. The molecule has 3 rings (SSSR count). The number of hydrogen-bond acceptors (Lipinski definition) is 6. The Labute approximate surface area is 133 Å². The minimum absolute atomic E-state index is 0.0359. The third-order valence-electron chi connectivity index (χ3n) is 3.67. The van der Waals surface area contributed by atoms with E-state index >= 15 is 0 Å². The molecule has 0 aliphatic carbocycles. The van der Waals surface area contributed by atoms with Crippen LogP contribution in [0.4, 0.5) is 5.69 Å². The Morgan fingerprint density at radius 2 is 2.09 bits per heavy atom. The molecule has 2 saturated heterocycles. The number of aliphatic hydroxyl groups is 1. The number of anilines is 1. The Bertz CT molecular complexity index is 609. The summed E-state index contributed by atoms with van der Waals surface area (Å²) < 4.78 is 0. The van der Waals surface area contributed by atoms with Gasteiger partial charge in [0.25, 0.3) is 0 Å². The molecule has 2 aliphatic heterocycles. The minimum atomic E-state index is -0.188. The zero-order valence-electron chi connectivity index (χ0n) is 12.1. The van der Waals surface area contributed by atoms with E-state index in [1.807, 2.05) is 18.2 Å². The van der Waals surface area contributed by atoms with Crippen molar-refractivity contribution in [1.82, 2.24) is 5.32 Å². The van der Waals surface area contributed by atoms with Crippen LogP contribution < -0.4 is 10.2 Å². The van der Waals surface area contributed by atoms with Crippen LogP contribution >= 0.6 is 11.8 Å². The highest BCUT2D eigenvalue weighted by Gasteiger charge is 2.19. The van der Waals surface area contributed by atoms with E-state index in [0.29, 0.717) is 10.9 Å². The maximum absolute atomic E-state index is 11.1. The zero-order chi connectivity index (χ0) is 15.4. The van der Waals surface area contributed by atoms with E-state index in [0.717, 1.165) is 37.2 Å². The van der Waals surface area contributed by atoms with Crippen molar-refractivity contribution in [2.24, 2.45) is 10.2 Å². The van der Waals surface area contributed by atoms with Gasteiger partial charge < -0.3 is 15.3 Å². The van der Waals surface area contributed by atoms with Crippen LogP contribution in [-0.2, 0) is 4.79 Å². The van der Waals surface area contributed by atoms with Crippen LogP contribution in [0.15, 0.2) is 34.5 Å². The molecule has 1 aromatic rings. The molecule has 7 heteroatoms. The fourth-order valence-electron chi connectivity index (χ4n) is 2.51. The minimum Gasteiger partial charge on any atom is -0.393 e. The number of para-hydroxylation sites is 1. The summed E-state index contributed by atoms with van der Waals surface area (Å²) in [5.41, 5.74) is 2.08. The van der Waals surface area contributed by atoms with Crippen molar-refractivity contribution in [2.75, 3.05) is 23.7 Å². The van der Waals surface area contributed by atoms with Gasteiger partial charge in [-0.2, -0.15) is 5.10 Å². The van der Waals surface area contributed by atoms with Gasteiger partial charge in [0, 0.05) is 24.3 Å². The molecule has 2 N–H and O–H groups in total. The predicted molar refractivity (Wildman–Crippen MR) is 89.5 cm³/mol. The van der Waals surface area contributed by atoms with Crippen molar-refractivity contribution >= 4 is 34.7 Å². The van der Waals surface area contributed by atoms with E-state index < -0.39 is 0 Å². The lowest BCUT2D eigenvalue weighted by atomic mass is 10.1. The first kappa shape index (κ1) is 15.1. The number of amidine groups is 1. The molecule has 2 heterocycles. The summed E-state index contributed by atoms with van der Waals surface area (Å²) in [6, 6.07) is 8.00. The maximum Gasteiger partial charge on any atom is 0.236 e. The second-order valence-electron chi connectivity index (χ2n) is 5.26. The largest absolute Gasteiger partial charge is 0.393 e. The monoisotopic (exact) mass is 318 g/mol. The molecule has 0 atom stereocenters. The normalized spacial score (nSPS) is 21.8. The summed E-state index contributed by atoms with van der Waals surface area (Å²) in [5.74, 6) is 0.368. The van der Waals surface area contributed by atoms with Gasteiger partial charge in [0.1, 0.15) is 0 Å². The van der Waals surface area contributed by atoms with Crippen LogP contribution in [0.3, 0.4) is 0 Å². The summed E-state index contributed by atoms with van der Waals surface area (Å²) >= 11 is 1.36. The molecule has 0 unspecified atom stereocenters. The lowest BCUT2D eigenvalue weighted by Crippen LogP contribution is -2.36. The van der Waals surface area contributed by atoms with Crippen molar-refractivity contribution in [3.8, 4) is 0 Å². The molecular weight excluding hydrogens is 300 g/mol. The second kappa shape index (κ2) is 6.93. The fraction of sp³-hybridized carbons (Fsp3) is 0.400. The average Bonchev–Trinajstić information content (AvgIpc) is 2.94. The maximum atomic E-state index is 11.1. The lowest BCUT2D eigenvalue weighted by molar-refractivity contribution is -0.116. The van der Waals surface area contributed by atoms with Crippen LogP contribution in [-0.4, -0.2) is 47.3 Å². The Morgan fingerprint density at radius 3 is 2.82 bits per heavy atom. The Morgan fingerprint density at radius 1 is 1.32 bits per heavy atom. The van der Waals surface area contributed by atoms with Crippen LogP contribution in [0.25, 0.3) is 0 Å². The van der Waals surface area contributed by atoms with Crippen molar-refractivity contribution < 1.29 is 9.90 Å². The molecule has 2 fully saturated rings. The number of nitrogens with one attached hydrogen (secondary N) is 1. The lowest BCUT2D eigenvalue weighted by Gasteiger charge is -2.32.